The number of amides is 1. The van der Waals surface area contributed by atoms with Gasteiger partial charge in [-0.2, -0.15) is 5.10 Å². The number of piperidine rings is 1. The van der Waals surface area contributed by atoms with Crippen molar-refractivity contribution in [3.8, 4) is 0 Å². The molecule has 2 fully saturated rings. The van der Waals surface area contributed by atoms with Gasteiger partial charge in [-0.15, -0.1) is 0 Å². The van der Waals surface area contributed by atoms with Crippen LogP contribution in [-0.2, 0) is 4.79 Å². The fourth-order valence-corrected chi connectivity index (χ4v) is 3.90. The maximum atomic E-state index is 11.5. The van der Waals surface area contributed by atoms with Crippen molar-refractivity contribution in [2.24, 2.45) is 0 Å². The molecule has 6 nitrogen and oxygen atoms in total. The van der Waals surface area contributed by atoms with Gasteiger partial charge < -0.3 is 10.0 Å². The van der Waals surface area contributed by atoms with Gasteiger partial charge in [0.05, 0.1) is 6.04 Å². The summed E-state index contributed by atoms with van der Waals surface area (Å²) in [4.78, 5) is 24.0. The van der Waals surface area contributed by atoms with Crippen LogP contribution in [0.2, 0.25) is 0 Å². The molecule has 2 aliphatic rings. The number of carboxylic acid groups (broad SMARTS) is 1. The topological polar surface area (TPSA) is 75.4 Å². The first-order valence-electron chi connectivity index (χ1n) is 7.29. The standard InChI is InChI=1S/C14H18IN3O3/c15-13-8-12(9-3-5-17(6-4-9)14(20)21)18(16-13)10-1-2-11(19)7-10/h8-10H,1-7H2,(H,20,21). The number of halogens is 1. The van der Waals surface area contributed by atoms with Gasteiger partial charge in [0.1, 0.15) is 9.48 Å². The zero-order valence-electron chi connectivity index (χ0n) is 11.7. The van der Waals surface area contributed by atoms with Crippen molar-refractivity contribution in [2.45, 2.75) is 44.1 Å². The zero-order valence-corrected chi connectivity index (χ0v) is 13.8. The number of carbonyl (C=O) groups excluding carboxylic acids is 1. The van der Waals surface area contributed by atoms with E-state index in [1.807, 2.05) is 4.68 Å². The summed E-state index contributed by atoms with van der Waals surface area (Å²) in [6.45, 7) is 1.15. The molecule has 1 unspecified atom stereocenters. The van der Waals surface area contributed by atoms with Crippen LogP contribution in [0.3, 0.4) is 0 Å². The van der Waals surface area contributed by atoms with Crippen molar-refractivity contribution >= 4 is 34.5 Å². The molecule has 7 heteroatoms. The van der Waals surface area contributed by atoms with E-state index in [0.29, 0.717) is 37.6 Å². The molecule has 1 aliphatic heterocycles. The number of hydrogen-bond acceptors (Lipinski definition) is 3. The van der Waals surface area contributed by atoms with Crippen LogP contribution in [0.1, 0.15) is 49.8 Å². The molecule has 3 rings (SSSR count). The molecule has 1 amide bonds. The Morgan fingerprint density at radius 1 is 1.33 bits per heavy atom. The number of likely N-dealkylation sites (tertiary alicyclic amines) is 1. The highest BCUT2D eigenvalue weighted by Gasteiger charge is 2.31. The van der Waals surface area contributed by atoms with Gasteiger partial charge in [-0.05, 0) is 47.9 Å². The maximum Gasteiger partial charge on any atom is 0.407 e. The smallest absolute Gasteiger partial charge is 0.407 e. The predicted octanol–water partition coefficient (Wildman–Crippen LogP) is 2.64. The highest BCUT2D eigenvalue weighted by Crippen LogP contribution is 2.34. The summed E-state index contributed by atoms with van der Waals surface area (Å²) in [5, 5.41) is 13.6. The number of Topliss-reactive ketones (excluding diaryl/α,β-unsaturated/α-hetero) is 1. The molecular formula is C14H18IN3O3. The van der Waals surface area contributed by atoms with Crippen LogP contribution >= 0.6 is 22.6 Å². The van der Waals surface area contributed by atoms with E-state index in [-0.39, 0.29) is 6.04 Å². The van der Waals surface area contributed by atoms with Crippen molar-refractivity contribution in [1.29, 1.82) is 0 Å². The van der Waals surface area contributed by atoms with E-state index in [4.69, 9.17) is 5.11 Å². The van der Waals surface area contributed by atoms with Crippen molar-refractivity contribution in [2.75, 3.05) is 13.1 Å². The van der Waals surface area contributed by atoms with Gasteiger partial charge in [-0.25, -0.2) is 4.79 Å². The lowest BCUT2D eigenvalue weighted by Gasteiger charge is -2.30. The quantitative estimate of drug-likeness (QED) is 0.771. The van der Waals surface area contributed by atoms with Gasteiger partial charge >= 0.3 is 6.09 Å². The highest BCUT2D eigenvalue weighted by atomic mass is 127. The summed E-state index contributed by atoms with van der Waals surface area (Å²) in [6, 6.07) is 2.28. The molecule has 1 aromatic heterocycles. The lowest BCUT2D eigenvalue weighted by atomic mass is 9.93. The van der Waals surface area contributed by atoms with Crippen LogP contribution < -0.4 is 0 Å². The Kier molecular flexibility index (Phi) is 4.19. The monoisotopic (exact) mass is 403 g/mol. The molecule has 114 valence electrons. The van der Waals surface area contributed by atoms with Gasteiger partial charge in [-0.3, -0.25) is 9.48 Å². The Balaban J connectivity index is 1.77. The summed E-state index contributed by atoms with van der Waals surface area (Å²) in [6.07, 6.45) is 2.93. The molecule has 2 heterocycles. The largest absolute Gasteiger partial charge is 0.465 e. The third-order valence-corrected chi connectivity index (χ3v) is 5.01. The Labute approximate surface area is 136 Å². The van der Waals surface area contributed by atoms with Gasteiger partial charge in [0.25, 0.3) is 0 Å². The Morgan fingerprint density at radius 3 is 2.62 bits per heavy atom. The van der Waals surface area contributed by atoms with E-state index >= 15 is 0 Å². The lowest BCUT2D eigenvalue weighted by Crippen LogP contribution is -2.37. The van der Waals surface area contributed by atoms with Crippen LogP contribution in [0.4, 0.5) is 4.79 Å². The maximum absolute atomic E-state index is 11.5. The van der Waals surface area contributed by atoms with E-state index in [2.05, 4.69) is 33.8 Å². The number of ketones is 1. The average molecular weight is 403 g/mol. The molecule has 0 radical (unpaired) electrons. The van der Waals surface area contributed by atoms with Crippen molar-refractivity contribution in [3.63, 3.8) is 0 Å². The minimum Gasteiger partial charge on any atom is -0.465 e. The van der Waals surface area contributed by atoms with E-state index in [1.165, 1.54) is 10.6 Å². The van der Waals surface area contributed by atoms with Crippen molar-refractivity contribution < 1.29 is 14.7 Å². The van der Waals surface area contributed by atoms with Gasteiger partial charge in [0.2, 0.25) is 0 Å². The van der Waals surface area contributed by atoms with E-state index in [1.54, 1.807) is 0 Å². The van der Waals surface area contributed by atoms with Crippen LogP contribution in [0.25, 0.3) is 0 Å². The third-order valence-electron chi connectivity index (χ3n) is 4.48. The van der Waals surface area contributed by atoms with Crippen LogP contribution in [0.15, 0.2) is 6.07 Å². The predicted molar refractivity (Wildman–Crippen MR) is 84.4 cm³/mol. The molecule has 0 spiro atoms. The first-order valence-corrected chi connectivity index (χ1v) is 8.37. The van der Waals surface area contributed by atoms with E-state index in [9.17, 15) is 9.59 Å². The fourth-order valence-electron chi connectivity index (χ4n) is 3.34. The van der Waals surface area contributed by atoms with Gasteiger partial charge in [0.15, 0.2) is 0 Å². The second-order valence-corrected chi connectivity index (χ2v) is 6.92. The molecule has 1 atom stereocenters. The van der Waals surface area contributed by atoms with Crippen molar-refractivity contribution in [1.82, 2.24) is 14.7 Å². The molecule has 1 N–H and O–H groups in total. The average Bonchev–Trinajstić information content (AvgIpc) is 3.05. The second-order valence-electron chi connectivity index (χ2n) is 5.82. The minimum absolute atomic E-state index is 0.188. The number of nitrogens with zero attached hydrogens (tertiary/aromatic N) is 3. The highest BCUT2D eigenvalue weighted by molar-refractivity contribution is 14.1. The first kappa shape index (κ1) is 14.8. The van der Waals surface area contributed by atoms with E-state index in [0.717, 1.165) is 23.0 Å². The summed E-state index contributed by atoms with van der Waals surface area (Å²) < 4.78 is 2.98. The summed E-state index contributed by atoms with van der Waals surface area (Å²) in [5.41, 5.74) is 1.17. The molecular weight excluding hydrogens is 385 g/mol. The normalized spacial score (nSPS) is 23.8. The van der Waals surface area contributed by atoms with E-state index < -0.39 is 6.09 Å². The van der Waals surface area contributed by atoms with Crippen LogP contribution in [-0.4, -0.2) is 44.8 Å². The number of rotatable bonds is 2. The minimum atomic E-state index is -0.835. The summed E-state index contributed by atoms with van der Waals surface area (Å²) in [7, 11) is 0. The van der Waals surface area contributed by atoms with Crippen LogP contribution in [0.5, 0.6) is 0 Å². The number of hydrogen-bond donors (Lipinski definition) is 1. The summed E-state index contributed by atoms with van der Waals surface area (Å²) in [5.74, 6) is 0.657. The Morgan fingerprint density at radius 2 is 2.05 bits per heavy atom. The first-order chi connectivity index (χ1) is 10.0. The molecule has 0 aromatic carbocycles. The van der Waals surface area contributed by atoms with Crippen molar-refractivity contribution in [3.05, 3.63) is 15.5 Å². The second kappa shape index (κ2) is 5.94. The lowest BCUT2D eigenvalue weighted by molar-refractivity contribution is -0.117. The molecule has 21 heavy (non-hydrogen) atoms. The number of aromatic nitrogens is 2. The van der Waals surface area contributed by atoms with Crippen LogP contribution in [0, 0.1) is 3.70 Å². The molecule has 0 bridgehead atoms. The molecule has 1 saturated carbocycles. The number of carbonyl (C=O) groups is 2. The zero-order chi connectivity index (χ0) is 15.0. The fraction of sp³-hybridized carbons (Fsp3) is 0.643. The van der Waals surface area contributed by atoms with Gasteiger partial charge in [0, 0.05) is 37.5 Å². The third kappa shape index (κ3) is 3.07. The van der Waals surface area contributed by atoms with Gasteiger partial charge in [-0.1, -0.05) is 0 Å². The Hall–Kier alpha value is -1.12. The molecule has 1 aromatic rings. The molecule has 1 aliphatic carbocycles. The Bertz CT molecular complexity index is 564. The molecule has 1 saturated heterocycles. The summed E-state index contributed by atoms with van der Waals surface area (Å²) >= 11 is 2.21. The SMILES string of the molecule is O=C1CCC(n2nc(I)cc2C2CCN(C(=O)O)CC2)C1.